The average Bonchev–Trinajstić information content (AvgIpc) is 3.15. The third-order valence-electron chi connectivity index (χ3n) is 3.18. The van der Waals surface area contributed by atoms with Gasteiger partial charge in [0.25, 0.3) is 11.6 Å². The van der Waals surface area contributed by atoms with Gasteiger partial charge in [-0.15, -0.1) is 0 Å². The standard InChI is InChI=1S/C14H13N3O4/c1-8-12-9(14(18)17(2)19-3)7-10(11-5-4-6-20-11)15-13(12)21-16-8/h4-7H,1-3H3. The molecule has 0 saturated carbocycles. The summed E-state index contributed by atoms with van der Waals surface area (Å²) >= 11 is 0. The Kier molecular flexibility index (Phi) is 3.19. The molecule has 7 nitrogen and oxygen atoms in total. The molecule has 7 heteroatoms. The van der Waals surface area contributed by atoms with Crippen molar-refractivity contribution in [3.63, 3.8) is 0 Å². The van der Waals surface area contributed by atoms with Crippen LogP contribution in [0.1, 0.15) is 16.1 Å². The summed E-state index contributed by atoms with van der Waals surface area (Å²) in [7, 11) is 2.95. The summed E-state index contributed by atoms with van der Waals surface area (Å²) < 4.78 is 10.5. The highest BCUT2D eigenvalue weighted by molar-refractivity contribution is 6.06. The van der Waals surface area contributed by atoms with Gasteiger partial charge in [0.15, 0.2) is 5.76 Å². The Balaban J connectivity index is 2.24. The Bertz CT molecular complexity index is 792. The van der Waals surface area contributed by atoms with E-state index in [-0.39, 0.29) is 11.6 Å². The number of carbonyl (C=O) groups is 1. The maximum atomic E-state index is 12.4. The fourth-order valence-electron chi connectivity index (χ4n) is 2.07. The number of hydroxylamine groups is 2. The fraction of sp³-hybridized carbons (Fsp3) is 0.214. The van der Waals surface area contributed by atoms with Gasteiger partial charge >= 0.3 is 0 Å². The van der Waals surface area contributed by atoms with Gasteiger partial charge in [-0.2, -0.15) is 0 Å². The summed E-state index contributed by atoms with van der Waals surface area (Å²) in [4.78, 5) is 21.7. The number of furan rings is 1. The van der Waals surface area contributed by atoms with Crippen LogP contribution in [-0.4, -0.2) is 35.3 Å². The Labute approximate surface area is 120 Å². The monoisotopic (exact) mass is 287 g/mol. The molecule has 0 bridgehead atoms. The molecule has 0 unspecified atom stereocenters. The molecule has 0 radical (unpaired) electrons. The van der Waals surface area contributed by atoms with Crippen molar-refractivity contribution in [1.29, 1.82) is 0 Å². The third-order valence-corrected chi connectivity index (χ3v) is 3.18. The molecule has 0 spiro atoms. The van der Waals surface area contributed by atoms with Crippen LogP contribution in [0.3, 0.4) is 0 Å². The third kappa shape index (κ3) is 2.17. The van der Waals surface area contributed by atoms with Crippen LogP contribution in [0.2, 0.25) is 0 Å². The van der Waals surface area contributed by atoms with E-state index in [2.05, 4.69) is 10.1 Å². The molecule has 3 heterocycles. The van der Waals surface area contributed by atoms with E-state index in [1.165, 1.54) is 20.4 Å². The summed E-state index contributed by atoms with van der Waals surface area (Å²) in [5.74, 6) is 0.226. The van der Waals surface area contributed by atoms with Crippen LogP contribution >= 0.6 is 0 Å². The van der Waals surface area contributed by atoms with E-state index < -0.39 is 0 Å². The molecule has 0 N–H and O–H groups in total. The molecule has 3 rings (SSSR count). The molecule has 108 valence electrons. The van der Waals surface area contributed by atoms with E-state index in [9.17, 15) is 4.79 Å². The topological polar surface area (TPSA) is 81.6 Å². The van der Waals surface area contributed by atoms with Crippen molar-refractivity contribution in [3.05, 3.63) is 35.7 Å². The van der Waals surface area contributed by atoms with Gasteiger partial charge in [0.05, 0.1) is 30.0 Å². The molecule has 0 fully saturated rings. The van der Waals surface area contributed by atoms with Gasteiger partial charge in [-0.05, 0) is 25.1 Å². The minimum Gasteiger partial charge on any atom is -0.463 e. The van der Waals surface area contributed by atoms with E-state index >= 15 is 0 Å². The second-order valence-corrected chi connectivity index (χ2v) is 4.47. The molecular weight excluding hydrogens is 274 g/mol. The molecule has 3 aromatic rings. The lowest BCUT2D eigenvalue weighted by Crippen LogP contribution is -2.25. The highest BCUT2D eigenvalue weighted by atomic mass is 16.7. The van der Waals surface area contributed by atoms with Crippen LogP contribution in [-0.2, 0) is 4.84 Å². The number of rotatable bonds is 3. The van der Waals surface area contributed by atoms with E-state index in [4.69, 9.17) is 13.8 Å². The second kappa shape index (κ2) is 5.02. The Morgan fingerprint density at radius 2 is 2.24 bits per heavy atom. The zero-order valence-electron chi connectivity index (χ0n) is 11.8. The van der Waals surface area contributed by atoms with Crippen LogP contribution < -0.4 is 0 Å². The number of fused-ring (bicyclic) bond motifs is 1. The summed E-state index contributed by atoms with van der Waals surface area (Å²) in [6.07, 6.45) is 1.54. The average molecular weight is 287 g/mol. The number of carbonyl (C=O) groups excluding carboxylic acids is 1. The number of nitrogens with zero attached hydrogens (tertiary/aromatic N) is 3. The van der Waals surface area contributed by atoms with Crippen molar-refractivity contribution in [1.82, 2.24) is 15.2 Å². The molecule has 0 saturated heterocycles. The Morgan fingerprint density at radius 1 is 1.43 bits per heavy atom. The van der Waals surface area contributed by atoms with Gasteiger partial charge in [0.2, 0.25) is 0 Å². The molecule has 0 aliphatic heterocycles. The summed E-state index contributed by atoms with van der Waals surface area (Å²) in [6, 6.07) is 5.14. The molecular formula is C14H13N3O4. The lowest BCUT2D eigenvalue weighted by atomic mass is 10.1. The van der Waals surface area contributed by atoms with E-state index in [1.54, 1.807) is 25.1 Å². The van der Waals surface area contributed by atoms with Gasteiger partial charge in [-0.25, -0.2) is 10.0 Å². The van der Waals surface area contributed by atoms with Crippen molar-refractivity contribution in [2.24, 2.45) is 0 Å². The van der Waals surface area contributed by atoms with Crippen LogP contribution in [0.25, 0.3) is 22.6 Å². The van der Waals surface area contributed by atoms with Gasteiger partial charge in [-0.3, -0.25) is 9.63 Å². The maximum absolute atomic E-state index is 12.4. The fourth-order valence-corrected chi connectivity index (χ4v) is 2.07. The molecule has 3 aromatic heterocycles. The van der Waals surface area contributed by atoms with Crippen LogP contribution in [0, 0.1) is 6.92 Å². The van der Waals surface area contributed by atoms with Crippen molar-refractivity contribution in [2.75, 3.05) is 14.2 Å². The SMILES string of the molecule is CON(C)C(=O)c1cc(-c2ccco2)nc2onc(C)c12. The number of hydrogen-bond donors (Lipinski definition) is 0. The lowest BCUT2D eigenvalue weighted by Gasteiger charge is -2.14. The quantitative estimate of drug-likeness (QED) is 0.688. The summed E-state index contributed by atoms with van der Waals surface area (Å²) in [5, 5.41) is 5.57. The minimum atomic E-state index is -0.316. The number of aryl methyl sites for hydroxylation is 1. The second-order valence-electron chi connectivity index (χ2n) is 4.47. The van der Waals surface area contributed by atoms with Crippen LogP contribution in [0.5, 0.6) is 0 Å². The first-order valence-corrected chi connectivity index (χ1v) is 6.25. The lowest BCUT2D eigenvalue weighted by molar-refractivity contribution is -0.0755. The number of pyridine rings is 1. The first kappa shape index (κ1) is 13.3. The molecule has 0 aliphatic rings. The van der Waals surface area contributed by atoms with Gasteiger partial charge in [0.1, 0.15) is 5.69 Å². The normalized spacial score (nSPS) is 11.0. The van der Waals surface area contributed by atoms with Gasteiger partial charge in [-0.1, -0.05) is 5.16 Å². The van der Waals surface area contributed by atoms with Crippen molar-refractivity contribution in [2.45, 2.75) is 6.92 Å². The maximum Gasteiger partial charge on any atom is 0.278 e. The minimum absolute atomic E-state index is 0.286. The first-order chi connectivity index (χ1) is 10.1. The predicted octanol–water partition coefficient (Wildman–Crippen LogP) is 2.42. The van der Waals surface area contributed by atoms with Gasteiger partial charge < -0.3 is 8.94 Å². The summed E-state index contributed by atoms with van der Waals surface area (Å²) in [6.45, 7) is 1.75. The number of hydrogen-bond acceptors (Lipinski definition) is 6. The molecule has 21 heavy (non-hydrogen) atoms. The molecule has 0 atom stereocenters. The molecule has 0 aromatic carbocycles. The van der Waals surface area contributed by atoms with Crippen molar-refractivity contribution < 1.29 is 18.6 Å². The highest BCUT2D eigenvalue weighted by Gasteiger charge is 2.22. The number of aromatic nitrogens is 2. The van der Waals surface area contributed by atoms with Crippen LogP contribution in [0.4, 0.5) is 0 Å². The Morgan fingerprint density at radius 3 is 2.90 bits per heavy atom. The highest BCUT2D eigenvalue weighted by Crippen LogP contribution is 2.27. The Hall–Kier alpha value is -2.67. The first-order valence-electron chi connectivity index (χ1n) is 6.25. The summed E-state index contributed by atoms with van der Waals surface area (Å²) in [5.41, 5.74) is 1.77. The number of amides is 1. The predicted molar refractivity (Wildman–Crippen MR) is 73.3 cm³/mol. The van der Waals surface area contributed by atoms with E-state index in [0.29, 0.717) is 28.1 Å². The smallest absolute Gasteiger partial charge is 0.278 e. The van der Waals surface area contributed by atoms with E-state index in [0.717, 1.165) is 5.06 Å². The van der Waals surface area contributed by atoms with Crippen molar-refractivity contribution in [3.8, 4) is 11.5 Å². The molecule has 0 aliphatic carbocycles. The molecule has 1 amide bonds. The van der Waals surface area contributed by atoms with Gasteiger partial charge in [0, 0.05) is 7.05 Å². The largest absolute Gasteiger partial charge is 0.463 e. The van der Waals surface area contributed by atoms with Crippen molar-refractivity contribution >= 4 is 17.0 Å². The van der Waals surface area contributed by atoms with Crippen LogP contribution in [0.15, 0.2) is 33.4 Å². The van der Waals surface area contributed by atoms with E-state index in [1.807, 2.05) is 0 Å². The zero-order valence-corrected chi connectivity index (χ0v) is 11.8. The zero-order chi connectivity index (χ0) is 15.0.